The third-order valence-corrected chi connectivity index (χ3v) is 3.27. The molecule has 2 unspecified atom stereocenters. The van der Waals surface area contributed by atoms with Crippen molar-refractivity contribution in [2.75, 3.05) is 26.2 Å². The monoisotopic (exact) mass is 241 g/mol. The van der Waals surface area contributed by atoms with Crippen molar-refractivity contribution in [3.8, 4) is 0 Å². The molecule has 0 bridgehead atoms. The van der Waals surface area contributed by atoms with Crippen molar-refractivity contribution < 1.29 is 9.59 Å². The Morgan fingerprint density at radius 1 is 1.41 bits per heavy atom. The molecule has 0 aromatic heterocycles. The van der Waals surface area contributed by atoms with E-state index in [4.69, 9.17) is 5.73 Å². The molecule has 1 fully saturated rings. The molecule has 0 saturated carbocycles. The van der Waals surface area contributed by atoms with E-state index in [0.717, 1.165) is 19.4 Å². The fourth-order valence-corrected chi connectivity index (χ4v) is 2.18. The maximum absolute atomic E-state index is 12.3. The molecule has 0 aromatic carbocycles. The van der Waals surface area contributed by atoms with E-state index >= 15 is 0 Å². The Labute approximate surface area is 103 Å². The highest BCUT2D eigenvalue weighted by molar-refractivity contribution is 5.85. The lowest BCUT2D eigenvalue weighted by Gasteiger charge is -2.25. The van der Waals surface area contributed by atoms with Crippen LogP contribution in [0.3, 0.4) is 0 Å². The van der Waals surface area contributed by atoms with Crippen LogP contribution in [-0.4, -0.2) is 42.9 Å². The summed E-state index contributed by atoms with van der Waals surface area (Å²) in [6, 6.07) is 0. The van der Waals surface area contributed by atoms with E-state index in [-0.39, 0.29) is 18.4 Å². The van der Waals surface area contributed by atoms with E-state index in [1.54, 1.807) is 4.90 Å². The van der Waals surface area contributed by atoms with Crippen LogP contribution in [0.4, 0.5) is 0 Å². The van der Waals surface area contributed by atoms with Gasteiger partial charge in [0, 0.05) is 13.1 Å². The minimum atomic E-state index is -0.437. The largest absolute Gasteiger partial charge is 0.368 e. The van der Waals surface area contributed by atoms with Gasteiger partial charge in [0.15, 0.2) is 0 Å². The van der Waals surface area contributed by atoms with Gasteiger partial charge in [0.2, 0.25) is 11.8 Å². The van der Waals surface area contributed by atoms with E-state index in [9.17, 15) is 9.59 Å². The molecule has 0 aromatic rings. The van der Waals surface area contributed by atoms with E-state index in [1.807, 2.05) is 0 Å². The number of hydrogen-bond acceptors (Lipinski definition) is 3. The fraction of sp³-hybridized carbons (Fsp3) is 0.833. The third kappa shape index (κ3) is 4.00. The predicted molar refractivity (Wildman–Crippen MR) is 66.2 cm³/mol. The zero-order valence-electron chi connectivity index (χ0n) is 10.7. The molecule has 3 N–H and O–H groups in total. The van der Waals surface area contributed by atoms with Crippen molar-refractivity contribution in [2.24, 2.45) is 17.6 Å². The molecule has 1 aliphatic heterocycles. The second-order valence-corrected chi connectivity index (χ2v) is 4.82. The van der Waals surface area contributed by atoms with Crippen LogP contribution < -0.4 is 11.1 Å². The van der Waals surface area contributed by atoms with Gasteiger partial charge in [-0.25, -0.2) is 0 Å². The highest BCUT2D eigenvalue weighted by atomic mass is 16.2. The van der Waals surface area contributed by atoms with Gasteiger partial charge < -0.3 is 16.0 Å². The average molecular weight is 241 g/mol. The number of nitrogens with one attached hydrogen (secondary N) is 1. The van der Waals surface area contributed by atoms with E-state index in [0.29, 0.717) is 19.0 Å². The van der Waals surface area contributed by atoms with Gasteiger partial charge in [-0.1, -0.05) is 20.3 Å². The summed E-state index contributed by atoms with van der Waals surface area (Å²) >= 11 is 0. The SMILES string of the molecule is CCCCN(CC(N)=O)C(=O)C1CNCC1C. The molecule has 5 nitrogen and oxygen atoms in total. The van der Waals surface area contributed by atoms with E-state index in [2.05, 4.69) is 19.2 Å². The summed E-state index contributed by atoms with van der Waals surface area (Å²) < 4.78 is 0. The van der Waals surface area contributed by atoms with Gasteiger partial charge in [-0.15, -0.1) is 0 Å². The van der Waals surface area contributed by atoms with Crippen LogP contribution >= 0.6 is 0 Å². The van der Waals surface area contributed by atoms with Crippen LogP contribution in [0.15, 0.2) is 0 Å². The maximum atomic E-state index is 12.3. The molecular formula is C12H23N3O2. The Kier molecular flexibility index (Phi) is 5.41. The quantitative estimate of drug-likeness (QED) is 0.685. The first-order chi connectivity index (χ1) is 8.06. The molecular weight excluding hydrogens is 218 g/mol. The minimum Gasteiger partial charge on any atom is -0.368 e. The Bertz CT molecular complexity index is 281. The number of carbonyl (C=O) groups excluding carboxylic acids is 2. The van der Waals surface area contributed by atoms with Crippen LogP contribution in [0, 0.1) is 11.8 Å². The number of primary amides is 1. The summed E-state index contributed by atoms with van der Waals surface area (Å²) in [6.45, 7) is 6.37. The number of carbonyl (C=O) groups is 2. The lowest BCUT2D eigenvalue weighted by molar-refractivity contribution is -0.139. The lowest BCUT2D eigenvalue weighted by atomic mass is 9.96. The molecule has 1 saturated heterocycles. The first kappa shape index (κ1) is 14.0. The van der Waals surface area contributed by atoms with Crippen molar-refractivity contribution in [3.63, 3.8) is 0 Å². The summed E-state index contributed by atoms with van der Waals surface area (Å²) in [4.78, 5) is 24.9. The number of unbranched alkanes of at least 4 members (excludes halogenated alkanes) is 1. The molecule has 17 heavy (non-hydrogen) atoms. The molecule has 98 valence electrons. The molecule has 5 heteroatoms. The number of nitrogens with zero attached hydrogens (tertiary/aromatic N) is 1. The van der Waals surface area contributed by atoms with Crippen LogP contribution in [0.2, 0.25) is 0 Å². The second kappa shape index (κ2) is 6.59. The van der Waals surface area contributed by atoms with Gasteiger partial charge in [-0.2, -0.15) is 0 Å². The fourth-order valence-electron chi connectivity index (χ4n) is 2.18. The van der Waals surface area contributed by atoms with E-state index < -0.39 is 5.91 Å². The van der Waals surface area contributed by atoms with Crippen LogP contribution in [0.1, 0.15) is 26.7 Å². The first-order valence-corrected chi connectivity index (χ1v) is 6.34. The van der Waals surface area contributed by atoms with Crippen molar-refractivity contribution in [2.45, 2.75) is 26.7 Å². The van der Waals surface area contributed by atoms with Crippen LogP contribution in [-0.2, 0) is 9.59 Å². The highest BCUT2D eigenvalue weighted by Gasteiger charge is 2.32. The normalized spacial score (nSPS) is 23.6. The Hall–Kier alpha value is -1.10. The number of hydrogen-bond donors (Lipinski definition) is 2. The Balaban J connectivity index is 2.60. The van der Waals surface area contributed by atoms with Gasteiger partial charge in [-0.3, -0.25) is 9.59 Å². The van der Waals surface area contributed by atoms with Gasteiger partial charge in [0.25, 0.3) is 0 Å². The number of rotatable bonds is 6. The summed E-state index contributed by atoms with van der Waals surface area (Å²) in [7, 11) is 0. The van der Waals surface area contributed by atoms with E-state index in [1.165, 1.54) is 0 Å². The Morgan fingerprint density at radius 3 is 2.59 bits per heavy atom. The highest BCUT2D eigenvalue weighted by Crippen LogP contribution is 2.18. The standard InChI is InChI=1S/C12H23N3O2/c1-3-4-5-15(8-11(13)16)12(17)10-7-14-6-9(10)2/h9-10,14H,3-8H2,1-2H3,(H2,13,16). The summed E-state index contributed by atoms with van der Waals surface area (Å²) in [5.41, 5.74) is 5.19. The molecule has 0 spiro atoms. The molecule has 0 aliphatic carbocycles. The zero-order chi connectivity index (χ0) is 12.8. The van der Waals surface area contributed by atoms with Crippen molar-refractivity contribution in [1.29, 1.82) is 0 Å². The zero-order valence-corrected chi connectivity index (χ0v) is 10.7. The summed E-state index contributed by atoms with van der Waals surface area (Å²) in [5.74, 6) is -0.0477. The molecule has 0 radical (unpaired) electrons. The number of nitrogens with two attached hydrogens (primary N) is 1. The molecule has 1 aliphatic rings. The average Bonchev–Trinajstić information content (AvgIpc) is 2.69. The van der Waals surface area contributed by atoms with Gasteiger partial charge >= 0.3 is 0 Å². The lowest BCUT2D eigenvalue weighted by Crippen LogP contribution is -2.43. The van der Waals surface area contributed by atoms with Gasteiger partial charge in [0.05, 0.1) is 12.5 Å². The molecule has 1 heterocycles. The van der Waals surface area contributed by atoms with Crippen LogP contribution in [0.25, 0.3) is 0 Å². The molecule has 2 amide bonds. The van der Waals surface area contributed by atoms with Gasteiger partial charge in [0.1, 0.15) is 0 Å². The second-order valence-electron chi connectivity index (χ2n) is 4.82. The van der Waals surface area contributed by atoms with Crippen molar-refractivity contribution >= 4 is 11.8 Å². The Morgan fingerprint density at radius 2 is 2.12 bits per heavy atom. The van der Waals surface area contributed by atoms with Crippen molar-refractivity contribution in [3.05, 3.63) is 0 Å². The van der Waals surface area contributed by atoms with Crippen molar-refractivity contribution in [1.82, 2.24) is 10.2 Å². The molecule has 2 atom stereocenters. The third-order valence-electron chi connectivity index (χ3n) is 3.27. The predicted octanol–water partition coefficient (Wildman–Crippen LogP) is -0.0441. The topological polar surface area (TPSA) is 75.4 Å². The first-order valence-electron chi connectivity index (χ1n) is 6.34. The number of amides is 2. The van der Waals surface area contributed by atoms with Gasteiger partial charge in [-0.05, 0) is 18.9 Å². The minimum absolute atomic E-state index is 0.00814. The van der Waals surface area contributed by atoms with Crippen LogP contribution in [0.5, 0.6) is 0 Å². The molecule has 1 rings (SSSR count). The maximum Gasteiger partial charge on any atom is 0.237 e. The summed E-state index contributed by atoms with van der Waals surface area (Å²) in [5, 5.41) is 3.20. The summed E-state index contributed by atoms with van der Waals surface area (Å²) in [6.07, 6.45) is 1.91. The smallest absolute Gasteiger partial charge is 0.237 e.